The lowest BCUT2D eigenvalue weighted by molar-refractivity contribution is -0.185. The van der Waals surface area contributed by atoms with Crippen LogP contribution in [0.3, 0.4) is 0 Å². The van der Waals surface area contributed by atoms with Crippen molar-refractivity contribution in [2.45, 2.75) is 51.9 Å². The standard InChI is InChI=1S/C11H18F3NO2/c1-10(2,3)7(8(15)11(12,13)14)9(16)17-6-4-5-6/h6-8H,4-5,15H2,1-3H3/t7-,8-/m0/s1. The van der Waals surface area contributed by atoms with Gasteiger partial charge >= 0.3 is 12.1 Å². The van der Waals surface area contributed by atoms with Gasteiger partial charge in [0.25, 0.3) is 0 Å². The normalized spacial score (nSPS) is 20.9. The summed E-state index contributed by atoms with van der Waals surface area (Å²) in [7, 11) is 0. The molecule has 3 nitrogen and oxygen atoms in total. The number of hydrogen-bond donors (Lipinski definition) is 1. The van der Waals surface area contributed by atoms with Gasteiger partial charge in [-0.2, -0.15) is 13.2 Å². The number of hydrogen-bond acceptors (Lipinski definition) is 3. The van der Waals surface area contributed by atoms with E-state index in [4.69, 9.17) is 10.5 Å². The van der Waals surface area contributed by atoms with Crippen LogP contribution in [0.15, 0.2) is 0 Å². The number of carbonyl (C=O) groups is 1. The zero-order valence-electron chi connectivity index (χ0n) is 10.2. The van der Waals surface area contributed by atoms with Crippen molar-refractivity contribution in [3.63, 3.8) is 0 Å². The molecule has 0 aromatic heterocycles. The molecule has 0 spiro atoms. The van der Waals surface area contributed by atoms with E-state index in [0.29, 0.717) is 0 Å². The molecule has 0 radical (unpaired) electrons. The van der Waals surface area contributed by atoms with Crippen LogP contribution in [0, 0.1) is 11.3 Å². The van der Waals surface area contributed by atoms with E-state index in [1.807, 2.05) is 0 Å². The fraction of sp³-hybridized carbons (Fsp3) is 0.909. The van der Waals surface area contributed by atoms with Crippen molar-refractivity contribution in [2.24, 2.45) is 17.1 Å². The Kier molecular flexibility index (Phi) is 3.76. The maximum absolute atomic E-state index is 12.6. The molecule has 2 N–H and O–H groups in total. The average Bonchev–Trinajstić information content (AvgIpc) is 2.83. The van der Waals surface area contributed by atoms with Crippen molar-refractivity contribution in [1.29, 1.82) is 0 Å². The number of nitrogens with two attached hydrogens (primary N) is 1. The molecule has 0 bridgehead atoms. The quantitative estimate of drug-likeness (QED) is 0.785. The Morgan fingerprint density at radius 2 is 1.76 bits per heavy atom. The monoisotopic (exact) mass is 253 g/mol. The van der Waals surface area contributed by atoms with Crippen LogP contribution in [0.4, 0.5) is 13.2 Å². The third kappa shape index (κ3) is 3.87. The summed E-state index contributed by atoms with van der Waals surface area (Å²) in [5.41, 5.74) is 4.26. The first kappa shape index (κ1) is 14.3. The molecule has 0 amide bonds. The Bertz CT molecular complexity index is 292. The Balaban J connectivity index is 2.82. The molecule has 0 saturated heterocycles. The van der Waals surface area contributed by atoms with Gasteiger partial charge in [-0.05, 0) is 18.3 Å². The van der Waals surface area contributed by atoms with E-state index >= 15 is 0 Å². The summed E-state index contributed by atoms with van der Waals surface area (Å²) in [5.74, 6) is -2.21. The Labute approximate surface area is 98.5 Å². The first-order valence-electron chi connectivity index (χ1n) is 5.56. The van der Waals surface area contributed by atoms with Crippen LogP contribution in [0.2, 0.25) is 0 Å². The summed E-state index contributed by atoms with van der Waals surface area (Å²) < 4.78 is 42.8. The SMILES string of the molecule is CC(C)(C)[C@H](C(=O)OC1CC1)[C@H](N)C(F)(F)F. The number of halogens is 3. The molecule has 1 aliphatic carbocycles. The summed E-state index contributed by atoms with van der Waals surface area (Å²) in [4.78, 5) is 11.7. The third-order valence-corrected chi connectivity index (χ3v) is 2.73. The second-order valence-corrected chi connectivity index (χ2v) is 5.55. The lowest BCUT2D eigenvalue weighted by Crippen LogP contribution is -2.52. The summed E-state index contributed by atoms with van der Waals surface area (Å²) in [6, 6.07) is -2.19. The predicted molar refractivity (Wildman–Crippen MR) is 56.1 cm³/mol. The molecule has 1 fully saturated rings. The second kappa shape index (κ2) is 4.48. The van der Waals surface area contributed by atoms with Crippen LogP contribution in [0.25, 0.3) is 0 Å². The maximum Gasteiger partial charge on any atom is 0.404 e. The molecule has 1 rings (SSSR count). The van der Waals surface area contributed by atoms with Crippen molar-refractivity contribution >= 4 is 5.97 Å². The van der Waals surface area contributed by atoms with Gasteiger partial charge < -0.3 is 10.5 Å². The van der Waals surface area contributed by atoms with E-state index in [-0.39, 0.29) is 6.10 Å². The number of carbonyl (C=O) groups excluding carboxylic acids is 1. The van der Waals surface area contributed by atoms with E-state index in [2.05, 4.69) is 0 Å². The molecule has 100 valence electrons. The summed E-state index contributed by atoms with van der Waals surface area (Å²) in [5, 5.41) is 0. The molecular formula is C11H18F3NO2. The Hall–Kier alpha value is -0.780. The first-order valence-corrected chi connectivity index (χ1v) is 5.56. The summed E-state index contributed by atoms with van der Waals surface area (Å²) >= 11 is 0. The minimum Gasteiger partial charge on any atom is -0.462 e. The molecule has 1 aliphatic rings. The van der Waals surface area contributed by atoms with E-state index < -0.39 is 29.5 Å². The zero-order valence-corrected chi connectivity index (χ0v) is 10.2. The van der Waals surface area contributed by atoms with Crippen LogP contribution in [0.5, 0.6) is 0 Å². The van der Waals surface area contributed by atoms with Gasteiger partial charge in [0.15, 0.2) is 0 Å². The molecular weight excluding hydrogens is 235 g/mol. The van der Waals surface area contributed by atoms with Crippen LogP contribution in [-0.2, 0) is 9.53 Å². The van der Waals surface area contributed by atoms with Crippen molar-refractivity contribution in [1.82, 2.24) is 0 Å². The molecule has 0 aliphatic heterocycles. The molecule has 2 atom stereocenters. The first-order chi connectivity index (χ1) is 7.53. The molecule has 1 saturated carbocycles. The molecule has 0 unspecified atom stereocenters. The highest BCUT2D eigenvalue weighted by Crippen LogP contribution is 2.37. The average molecular weight is 253 g/mol. The van der Waals surface area contributed by atoms with Gasteiger partial charge in [-0.1, -0.05) is 20.8 Å². The van der Waals surface area contributed by atoms with Crippen molar-refractivity contribution in [2.75, 3.05) is 0 Å². The van der Waals surface area contributed by atoms with Crippen LogP contribution >= 0.6 is 0 Å². The number of esters is 1. The van der Waals surface area contributed by atoms with Crippen molar-refractivity contribution in [3.8, 4) is 0 Å². The van der Waals surface area contributed by atoms with Crippen molar-refractivity contribution < 1.29 is 22.7 Å². The Morgan fingerprint density at radius 1 is 1.29 bits per heavy atom. The van der Waals surface area contributed by atoms with Gasteiger partial charge in [-0.3, -0.25) is 4.79 Å². The highest BCUT2D eigenvalue weighted by molar-refractivity contribution is 5.74. The van der Waals surface area contributed by atoms with Gasteiger partial charge in [0.2, 0.25) is 0 Å². The lowest BCUT2D eigenvalue weighted by atomic mass is 9.76. The number of alkyl halides is 3. The Morgan fingerprint density at radius 3 is 2.06 bits per heavy atom. The largest absolute Gasteiger partial charge is 0.462 e. The molecule has 17 heavy (non-hydrogen) atoms. The van der Waals surface area contributed by atoms with Gasteiger partial charge in [-0.15, -0.1) is 0 Å². The molecule has 0 heterocycles. The van der Waals surface area contributed by atoms with Gasteiger partial charge in [0, 0.05) is 0 Å². The second-order valence-electron chi connectivity index (χ2n) is 5.55. The van der Waals surface area contributed by atoms with E-state index in [1.54, 1.807) is 20.8 Å². The van der Waals surface area contributed by atoms with Gasteiger partial charge in [0.05, 0.1) is 5.92 Å². The zero-order chi connectivity index (χ0) is 13.4. The summed E-state index contributed by atoms with van der Waals surface area (Å²) in [6.45, 7) is 4.66. The molecule has 0 aromatic carbocycles. The minimum absolute atomic E-state index is 0.215. The summed E-state index contributed by atoms with van der Waals surface area (Å²) in [6.07, 6.45) is -3.36. The van der Waals surface area contributed by atoms with Crippen LogP contribution in [0.1, 0.15) is 33.6 Å². The highest BCUT2D eigenvalue weighted by atomic mass is 19.4. The number of ether oxygens (including phenoxy) is 1. The fourth-order valence-corrected chi connectivity index (χ4v) is 1.65. The van der Waals surface area contributed by atoms with Crippen LogP contribution < -0.4 is 5.73 Å². The maximum atomic E-state index is 12.6. The van der Waals surface area contributed by atoms with E-state index in [0.717, 1.165) is 12.8 Å². The van der Waals surface area contributed by atoms with E-state index in [1.165, 1.54) is 0 Å². The lowest BCUT2D eigenvalue weighted by Gasteiger charge is -2.34. The van der Waals surface area contributed by atoms with Gasteiger partial charge in [-0.25, -0.2) is 0 Å². The van der Waals surface area contributed by atoms with E-state index in [9.17, 15) is 18.0 Å². The minimum atomic E-state index is -4.60. The van der Waals surface area contributed by atoms with Crippen LogP contribution in [-0.4, -0.2) is 24.3 Å². The predicted octanol–water partition coefficient (Wildman–Crippen LogP) is 2.24. The number of rotatable bonds is 3. The molecule has 6 heteroatoms. The smallest absolute Gasteiger partial charge is 0.404 e. The third-order valence-electron chi connectivity index (χ3n) is 2.73. The molecule has 0 aromatic rings. The van der Waals surface area contributed by atoms with Gasteiger partial charge in [0.1, 0.15) is 12.1 Å². The topological polar surface area (TPSA) is 52.3 Å². The highest BCUT2D eigenvalue weighted by Gasteiger charge is 2.51. The van der Waals surface area contributed by atoms with Crippen molar-refractivity contribution in [3.05, 3.63) is 0 Å². The fourth-order valence-electron chi connectivity index (χ4n) is 1.65.